The predicted octanol–water partition coefficient (Wildman–Crippen LogP) is 4.51. The quantitative estimate of drug-likeness (QED) is 0.610. The Morgan fingerprint density at radius 3 is 2.06 bits per heavy atom. The van der Waals surface area contributed by atoms with Gasteiger partial charge in [-0.25, -0.2) is 4.39 Å². The van der Waals surface area contributed by atoms with Crippen LogP contribution in [0, 0.1) is 5.82 Å². The third-order valence-electron chi connectivity index (χ3n) is 6.83. The standard InChI is InChI=1S/C27H34FN3O2/c1-29-27(33)22-11-7-20(8-12-22)17-30(24-15-16-24)19-26(32)31(25-5-3-2-4-6-25)18-21-9-13-23(28)14-10-21/h7-14,24-25H,2-6,15-19H2,1H3,(H,29,33). The zero-order chi connectivity index (χ0) is 23.2. The van der Waals surface area contributed by atoms with Gasteiger partial charge in [-0.15, -0.1) is 0 Å². The Morgan fingerprint density at radius 2 is 1.45 bits per heavy atom. The van der Waals surface area contributed by atoms with Gasteiger partial charge in [-0.1, -0.05) is 43.5 Å². The topological polar surface area (TPSA) is 52.7 Å². The van der Waals surface area contributed by atoms with E-state index in [1.54, 1.807) is 19.2 Å². The Hall–Kier alpha value is -2.73. The minimum Gasteiger partial charge on any atom is -0.355 e. The van der Waals surface area contributed by atoms with Crippen molar-refractivity contribution in [1.29, 1.82) is 0 Å². The van der Waals surface area contributed by atoms with Crippen molar-refractivity contribution in [2.75, 3.05) is 13.6 Å². The molecule has 176 valence electrons. The average molecular weight is 452 g/mol. The van der Waals surface area contributed by atoms with E-state index in [-0.39, 0.29) is 23.7 Å². The zero-order valence-electron chi connectivity index (χ0n) is 19.4. The molecule has 0 heterocycles. The van der Waals surface area contributed by atoms with Crippen molar-refractivity contribution in [1.82, 2.24) is 15.1 Å². The summed E-state index contributed by atoms with van der Waals surface area (Å²) in [7, 11) is 1.63. The lowest BCUT2D eigenvalue weighted by Gasteiger charge is -2.36. The molecule has 2 saturated carbocycles. The van der Waals surface area contributed by atoms with Gasteiger partial charge in [0, 0.05) is 37.8 Å². The number of hydrogen-bond acceptors (Lipinski definition) is 3. The van der Waals surface area contributed by atoms with Crippen molar-refractivity contribution in [2.45, 2.75) is 70.1 Å². The highest BCUT2D eigenvalue weighted by Gasteiger charge is 2.33. The molecule has 0 unspecified atom stereocenters. The van der Waals surface area contributed by atoms with Crippen molar-refractivity contribution >= 4 is 11.8 Å². The summed E-state index contributed by atoms with van der Waals surface area (Å²) in [5, 5.41) is 2.64. The summed E-state index contributed by atoms with van der Waals surface area (Å²) < 4.78 is 13.4. The Morgan fingerprint density at radius 1 is 0.848 bits per heavy atom. The molecule has 2 aromatic rings. The summed E-state index contributed by atoms with van der Waals surface area (Å²) >= 11 is 0. The van der Waals surface area contributed by atoms with E-state index in [1.165, 1.54) is 18.6 Å². The summed E-state index contributed by atoms with van der Waals surface area (Å²) in [6, 6.07) is 14.8. The van der Waals surface area contributed by atoms with Crippen LogP contribution in [0.5, 0.6) is 0 Å². The molecule has 4 rings (SSSR count). The van der Waals surface area contributed by atoms with Gasteiger partial charge in [-0.2, -0.15) is 0 Å². The predicted molar refractivity (Wildman–Crippen MR) is 127 cm³/mol. The second kappa shape index (κ2) is 10.9. The van der Waals surface area contributed by atoms with Crippen molar-refractivity contribution in [3.8, 4) is 0 Å². The molecule has 33 heavy (non-hydrogen) atoms. The molecule has 0 radical (unpaired) electrons. The van der Waals surface area contributed by atoms with E-state index >= 15 is 0 Å². The van der Waals surface area contributed by atoms with Gasteiger partial charge in [0.05, 0.1) is 6.54 Å². The van der Waals surface area contributed by atoms with Crippen molar-refractivity contribution in [3.05, 3.63) is 71.0 Å². The summed E-state index contributed by atoms with van der Waals surface area (Å²) in [6.45, 7) is 1.61. The Bertz CT molecular complexity index is 935. The lowest BCUT2D eigenvalue weighted by molar-refractivity contribution is -0.136. The van der Waals surface area contributed by atoms with E-state index in [0.717, 1.165) is 49.7 Å². The molecule has 2 aliphatic rings. The van der Waals surface area contributed by atoms with Gasteiger partial charge >= 0.3 is 0 Å². The Kier molecular flexibility index (Phi) is 7.76. The van der Waals surface area contributed by atoms with Gasteiger partial charge in [-0.3, -0.25) is 14.5 Å². The van der Waals surface area contributed by atoms with Crippen LogP contribution in [-0.2, 0) is 17.9 Å². The van der Waals surface area contributed by atoms with Crippen LogP contribution >= 0.6 is 0 Å². The smallest absolute Gasteiger partial charge is 0.251 e. The van der Waals surface area contributed by atoms with E-state index in [0.29, 0.717) is 31.2 Å². The average Bonchev–Trinajstić information content (AvgIpc) is 3.69. The normalized spacial score (nSPS) is 16.6. The third-order valence-corrected chi connectivity index (χ3v) is 6.83. The van der Waals surface area contributed by atoms with E-state index in [4.69, 9.17) is 0 Å². The molecule has 0 aromatic heterocycles. The number of nitrogens with one attached hydrogen (secondary N) is 1. The number of hydrogen-bond donors (Lipinski definition) is 1. The number of halogens is 1. The molecule has 0 atom stereocenters. The number of rotatable bonds is 9. The fourth-order valence-corrected chi connectivity index (χ4v) is 4.76. The third kappa shape index (κ3) is 6.41. The molecular formula is C27H34FN3O2. The largest absolute Gasteiger partial charge is 0.355 e. The maximum absolute atomic E-state index is 13.6. The number of carbonyl (C=O) groups is 2. The maximum atomic E-state index is 13.6. The zero-order valence-corrected chi connectivity index (χ0v) is 19.4. The number of amides is 2. The van der Waals surface area contributed by atoms with Crippen molar-refractivity contribution in [2.24, 2.45) is 0 Å². The van der Waals surface area contributed by atoms with Gasteiger partial charge in [0.1, 0.15) is 5.82 Å². The van der Waals surface area contributed by atoms with Crippen LogP contribution in [-0.4, -0.2) is 47.3 Å². The molecule has 0 spiro atoms. The molecule has 5 nitrogen and oxygen atoms in total. The van der Waals surface area contributed by atoms with Gasteiger partial charge < -0.3 is 10.2 Å². The van der Waals surface area contributed by atoms with E-state index < -0.39 is 0 Å². The number of nitrogens with zero attached hydrogens (tertiary/aromatic N) is 2. The molecule has 1 N–H and O–H groups in total. The highest BCUT2D eigenvalue weighted by atomic mass is 19.1. The van der Waals surface area contributed by atoms with Gasteiger partial charge in [0.15, 0.2) is 0 Å². The maximum Gasteiger partial charge on any atom is 0.251 e. The monoisotopic (exact) mass is 451 g/mol. The van der Waals surface area contributed by atoms with E-state index in [1.807, 2.05) is 29.2 Å². The minimum absolute atomic E-state index is 0.0975. The molecule has 6 heteroatoms. The number of carbonyl (C=O) groups excluding carboxylic acids is 2. The molecule has 0 bridgehead atoms. The molecule has 2 aliphatic carbocycles. The summed E-state index contributed by atoms with van der Waals surface area (Å²) in [6.07, 6.45) is 7.85. The molecule has 2 fully saturated rings. The van der Waals surface area contributed by atoms with Crippen LogP contribution in [0.2, 0.25) is 0 Å². The lowest BCUT2D eigenvalue weighted by atomic mass is 9.93. The van der Waals surface area contributed by atoms with Crippen molar-refractivity contribution < 1.29 is 14.0 Å². The SMILES string of the molecule is CNC(=O)c1ccc(CN(CC(=O)N(Cc2ccc(F)cc2)C2CCCCC2)C2CC2)cc1. The van der Waals surface area contributed by atoms with Gasteiger partial charge in [0.2, 0.25) is 5.91 Å². The van der Waals surface area contributed by atoms with E-state index in [9.17, 15) is 14.0 Å². The van der Waals surface area contributed by atoms with Gasteiger partial charge in [-0.05, 0) is 61.1 Å². The van der Waals surface area contributed by atoms with Crippen LogP contribution in [0.15, 0.2) is 48.5 Å². The summed E-state index contributed by atoms with van der Waals surface area (Å²) in [5.74, 6) is -0.198. The van der Waals surface area contributed by atoms with Crippen LogP contribution < -0.4 is 5.32 Å². The van der Waals surface area contributed by atoms with Gasteiger partial charge in [0.25, 0.3) is 5.91 Å². The first-order valence-electron chi connectivity index (χ1n) is 12.1. The highest BCUT2D eigenvalue weighted by molar-refractivity contribution is 5.93. The first-order valence-corrected chi connectivity index (χ1v) is 12.1. The van der Waals surface area contributed by atoms with Crippen molar-refractivity contribution in [3.63, 3.8) is 0 Å². The highest BCUT2D eigenvalue weighted by Crippen LogP contribution is 2.30. The molecule has 2 aromatic carbocycles. The second-order valence-electron chi connectivity index (χ2n) is 9.35. The summed E-state index contributed by atoms with van der Waals surface area (Å²) in [5.41, 5.74) is 2.71. The second-order valence-corrected chi connectivity index (χ2v) is 9.35. The number of benzene rings is 2. The van der Waals surface area contributed by atoms with Crippen LogP contribution in [0.25, 0.3) is 0 Å². The fraction of sp³-hybridized carbons (Fsp3) is 0.481. The first kappa shape index (κ1) is 23.4. The fourth-order valence-electron chi connectivity index (χ4n) is 4.76. The van der Waals surface area contributed by atoms with Crippen LogP contribution in [0.3, 0.4) is 0 Å². The Balaban J connectivity index is 1.45. The van der Waals surface area contributed by atoms with Crippen LogP contribution in [0.4, 0.5) is 4.39 Å². The Labute approximate surface area is 196 Å². The summed E-state index contributed by atoms with van der Waals surface area (Å²) in [4.78, 5) is 29.7. The van der Waals surface area contributed by atoms with E-state index in [2.05, 4.69) is 10.2 Å². The molecule has 0 aliphatic heterocycles. The molecule has 2 amide bonds. The lowest BCUT2D eigenvalue weighted by Crippen LogP contribution is -2.46. The minimum atomic E-state index is -0.253. The first-order chi connectivity index (χ1) is 16.0. The molecular weight excluding hydrogens is 417 g/mol. The van der Waals surface area contributed by atoms with Crippen LogP contribution in [0.1, 0.15) is 66.4 Å². The molecule has 0 saturated heterocycles.